The van der Waals surface area contributed by atoms with Crippen molar-refractivity contribution in [3.8, 4) is 0 Å². The molecule has 0 spiro atoms. The molecule has 0 saturated carbocycles. The summed E-state index contributed by atoms with van der Waals surface area (Å²) in [5.74, 6) is 0.134. The molecule has 1 saturated heterocycles. The molecular formula is C16H27Cl2N3O. The van der Waals surface area contributed by atoms with Gasteiger partial charge in [-0.25, -0.2) is 0 Å². The number of nitrogens with one attached hydrogen (secondary N) is 1. The van der Waals surface area contributed by atoms with Gasteiger partial charge in [-0.15, -0.1) is 24.8 Å². The van der Waals surface area contributed by atoms with Crippen molar-refractivity contribution in [2.75, 3.05) is 13.1 Å². The molecule has 2 unspecified atom stereocenters. The molecule has 2 atom stereocenters. The van der Waals surface area contributed by atoms with Crippen LogP contribution in [0.25, 0.3) is 0 Å². The van der Waals surface area contributed by atoms with Crippen LogP contribution in [0.15, 0.2) is 30.3 Å². The molecule has 1 aromatic rings. The van der Waals surface area contributed by atoms with Crippen molar-refractivity contribution >= 4 is 30.7 Å². The quantitative estimate of drug-likeness (QED) is 0.830. The van der Waals surface area contributed by atoms with Gasteiger partial charge >= 0.3 is 0 Å². The van der Waals surface area contributed by atoms with E-state index in [4.69, 9.17) is 5.73 Å². The van der Waals surface area contributed by atoms with Gasteiger partial charge in [-0.3, -0.25) is 9.69 Å². The number of benzene rings is 1. The fraction of sp³-hybridized carbons (Fsp3) is 0.562. The lowest BCUT2D eigenvalue weighted by atomic mass is 10.2. The largest absolute Gasteiger partial charge is 0.352 e. The number of hydrogen-bond acceptors (Lipinski definition) is 3. The van der Waals surface area contributed by atoms with Crippen molar-refractivity contribution in [2.45, 2.75) is 44.8 Å². The molecule has 126 valence electrons. The molecule has 1 fully saturated rings. The number of carbonyl (C=O) groups excluding carboxylic acids is 1. The minimum Gasteiger partial charge on any atom is -0.352 e. The van der Waals surface area contributed by atoms with E-state index in [1.165, 1.54) is 5.56 Å². The Morgan fingerprint density at radius 2 is 2.00 bits per heavy atom. The smallest absolute Gasteiger partial charge is 0.220 e. The van der Waals surface area contributed by atoms with Crippen molar-refractivity contribution in [1.82, 2.24) is 10.2 Å². The average molecular weight is 348 g/mol. The summed E-state index contributed by atoms with van der Waals surface area (Å²) in [6.45, 7) is 4.70. The van der Waals surface area contributed by atoms with Crippen LogP contribution in [-0.2, 0) is 11.3 Å². The Labute approximate surface area is 145 Å². The first kappa shape index (κ1) is 21.2. The second-order valence-electron chi connectivity index (χ2n) is 5.66. The SMILES string of the molecule is CC1CC(NC(=O)CCCN)CN1Cc1ccccc1.Cl.Cl. The van der Waals surface area contributed by atoms with Crippen LogP contribution in [0.5, 0.6) is 0 Å². The van der Waals surface area contributed by atoms with Crippen LogP contribution in [0.2, 0.25) is 0 Å². The molecule has 1 aromatic carbocycles. The fourth-order valence-electron chi connectivity index (χ4n) is 2.80. The normalized spacial score (nSPS) is 20.8. The predicted octanol–water partition coefficient (Wildman–Crippen LogP) is 2.35. The van der Waals surface area contributed by atoms with Gasteiger partial charge < -0.3 is 11.1 Å². The van der Waals surface area contributed by atoms with Gasteiger partial charge in [0.05, 0.1) is 0 Å². The third kappa shape index (κ3) is 6.53. The highest BCUT2D eigenvalue weighted by molar-refractivity contribution is 5.85. The van der Waals surface area contributed by atoms with Gasteiger partial charge in [0, 0.05) is 31.6 Å². The van der Waals surface area contributed by atoms with Gasteiger partial charge in [-0.05, 0) is 31.9 Å². The molecule has 0 aliphatic carbocycles. The summed E-state index contributed by atoms with van der Waals surface area (Å²) in [5.41, 5.74) is 6.75. The van der Waals surface area contributed by atoms with Gasteiger partial charge in [0.25, 0.3) is 0 Å². The van der Waals surface area contributed by atoms with Crippen molar-refractivity contribution in [1.29, 1.82) is 0 Å². The molecule has 3 N–H and O–H groups in total. The average Bonchev–Trinajstić information content (AvgIpc) is 2.77. The van der Waals surface area contributed by atoms with Crippen LogP contribution >= 0.6 is 24.8 Å². The molecule has 1 heterocycles. The van der Waals surface area contributed by atoms with E-state index in [1.54, 1.807) is 0 Å². The number of hydrogen-bond donors (Lipinski definition) is 2. The Bertz CT molecular complexity index is 431. The second kappa shape index (κ2) is 10.8. The summed E-state index contributed by atoms with van der Waals surface area (Å²) in [5, 5.41) is 3.12. The van der Waals surface area contributed by atoms with Crippen molar-refractivity contribution in [3.63, 3.8) is 0 Å². The first-order valence-corrected chi connectivity index (χ1v) is 7.46. The Balaban J connectivity index is 0.00000220. The highest BCUT2D eigenvalue weighted by atomic mass is 35.5. The number of nitrogens with zero attached hydrogens (tertiary/aromatic N) is 1. The number of likely N-dealkylation sites (tertiary alicyclic amines) is 1. The Morgan fingerprint density at radius 3 is 2.64 bits per heavy atom. The molecule has 1 aliphatic rings. The molecule has 22 heavy (non-hydrogen) atoms. The number of amides is 1. The van der Waals surface area contributed by atoms with Gasteiger partial charge in [0.2, 0.25) is 5.91 Å². The Morgan fingerprint density at radius 1 is 1.32 bits per heavy atom. The van der Waals surface area contributed by atoms with Gasteiger partial charge in [0.1, 0.15) is 0 Å². The molecule has 4 nitrogen and oxygen atoms in total. The number of carbonyl (C=O) groups is 1. The molecule has 6 heteroatoms. The Hall–Kier alpha value is -0.810. The molecule has 2 rings (SSSR count). The van der Waals surface area contributed by atoms with E-state index in [-0.39, 0.29) is 36.8 Å². The minimum absolute atomic E-state index is 0. The summed E-state index contributed by atoms with van der Waals surface area (Å²) in [4.78, 5) is 14.2. The molecular weight excluding hydrogens is 321 g/mol. The lowest BCUT2D eigenvalue weighted by Crippen LogP contribution is -2.37. The maximum Gasteiger partial charge on any atom is 0.220 e. The van der Waals surface area contributed by atoms with Crippen LogP contribution in [0.1, 0.15) is 31.7 Å². The third-order valence-electron chi connectivity index (χ3n) is 3.91. The zero-order chi connectivity index (χ0) is 14.4. The van der Waals surface area contributed by atoms with Crippen LogP contribution in [0.3, 0.4) is 0 Å². The summed E-state index contributed by atoms with van der Waals surface area (Å²) in [6, 6.07) is 11.3. The zero-order valence-corrected chi connectivity index (χ0v) is 14.7. The fourth-order valence-corrected chi connectivity index (χ4v) is 2.80. The van der Waals surface area contributed by atoms with Crippen LogP contribution in [0.4, 0.5) is 0 Å². The highest BCUT2D eigenvalue weighted by Gasteiger charge is 2.29. The van der Waals surface area contributed by atoms with Gasteiger partial charge in [0.15, 0.2) is 0 Å². The van der Waals surface area contributed by atoms with Crippen molar-refractivity contribution < 1.29 is 4.79 Å². The molecule has 1 aliphatic heterocycles. The predicted molar refractivity (Wildman–Crippen MR) is 95.6 cm³/mol. The Kier molecular flexibility index (Phi) is 10.4. The maximum atomic E-state index is 11.7. The number of rotatable bonds is 6. The first-order valence-electron chi connectivity index (χ1n) is 7.46. The molecule has 0 radical (unpaired) electrons. The maximum absolute atomic E-state index is 11.7. The number of nitrogens with two attached hydrogens (primary N) is 1. The van der Waals surface area contributed by atoms with E-state index in [2.05, 4.69) is 41.4 Å². The molecule has 0 aromatic heterocycles. The van der Waals surface area contributed by atoms with Crippen LogP contribution in [0, 0.1) is 0 Å². The van der Waals surface area contributed by atoms with Crippen LogP contribution < -0.4 is 11.1 Å². The van der Waals surface area contributed by atoms with Crippen molar-refractivity contribution in [3.05, 3.63) is 35.9 Å². The monoisotopic (exact) mass is 347 g/mol. The molecule has 0 bridgehead atoms. The number of halogens is 2. The highest BCUT2D eigenvalue weighted by Crippen LogP contribution is 2.20. The van der Waals surface area contributed by atoms with E-state index < -0.39 is 0 Å². The van der Waals surface area contributed by atoms with Gasteiger partial charge in [-0.1, -0.05) is 30.3 Å². The van der Waals surface area contributed by atoms with E-state index in [0.29, 0.717) is 19.0 Å². The minimum atomic E-state index is 0. The first-order chi connectivity index (χ1) is 9.69. The molecule has 1 amide bonds. The summed E-state index contributed by atoms with van der Waals surface area (Å²) >= 11 is 0. The van der Waals surface area contributed by atoms with E-state index >= 15 is 0 Å². The van der Waals surface area contributed by atoms with Crippen molar-refractivity contribution in [2.24, 2.45) is 5.73 Å². The summed E-state index contributed by atoms with van der Waals surface area (Å²) < 4.78 is 0. The van der Waals surface area contributed by atoms with E-state index in [0.717, 1.165) is 25.9 Å². The summed E-state index contributed by atoms with van der Waals surface area (Å²) in [6.07, 6.45) is 2.34. The standard InChI is InChI=1S/C16H25N3O.2ClH/c1-13-10-15(18-16(20)8-5-9-17)12-19(13)11-14-6-3-2-4-7-14;;/h2-4,6-7,13,15H,5,8-12,17H2,1H3,(H,18,20);2*1H. The third-order valence-corrected chi connectivity index (χ3v) is 3.91. The van der Waals surface area contributed by atoms with E-state index in [1.807, 2.05) is 6.07 Å². The van der Waals surface area contributed by atoms with E-state index in [9.17, 15) is 4.79 Å². The van der Waals surface area contributed by atoms with Crippen LogP contribution in [-0.4, -0.2) is 36.0 Å². The second-order valence-corrected chi connectivity index (χ2v) is 5.66. The lowest BCUT2D eigenvalue weighted by Gasteiger charge is -2.20. The summed E-state index contributed by atoms with van der Waals surface area (Å²) in [7, 11) is 0. The topological polar surface area (TPSA) is 58.4 Å². The zero-order valence-electron chi connectivity index (χ0n) is 13.0. The lowest BCUT2D eigenvalue weighted by molar-refractivity contribution is -0.121. The van der Waals surface area contributed by atoms with Gasteiger partial charge in [-0.2, -0.15) is 0 Å².